The van der Waals surface area contributed by atoms with Gasteiger partial charge < -0.3 is 9.84 Å². The van der Waals surface area contributed by atoms with Crippen molar-refractivity contribution in [2.45, 2.75) is 47.0 Å². The SMILES string of the molecule is Cc1cc(C)c(-c2ccc(O)c3nc(Oc4ccc5c6ccccc6n(-c6cc(C(C)(C)C)ccn6)c5c4)ccc23)c(C)c1. The van der Waals surface area contributed by atoms with E-state index in [1.807, 2.05) is 36.5 Å². The Balaban J connectivity index is 1.34. The number of fused-ring (bicyclic) bond motifs is 4. The first-order valence-corrected chi connectivity index (χ1v) is 15.0. The lowest BCUT2D eigenvalue weighted by atomic mass is 9.88. The molecule has 0 spiro atoms. The summed E-state index contributed by atoms with van der Waals surface area (Å²) in [7, 11) is 0. The monoisotopic (exact) mass is 577 g/mol. The molecule has 7 aromatic rings. The van der Waals surface area contributed by atoms with Crippen LogP contribution in [0, 0.1) is 20.8 Å². The van der Waals surface area contributed by atoms with Crippen LogP contribution in [0.3, 0.4) is 0 Å². The maximum Gasteiger partial charge on any atom is 0.219 e. The predicted octanol–water partition coefficient (Wildman–Crippen LogP) is 10.1. The molecule has 218 valence electrons. The van der Waals surface area contributed by atoms with Crippen molar-refractivity contribution >= 4 is 32.7 Å². The molecular formula is C39H35N3O2. The van der Waals surface area contributed by atoms with Gasteiger partial charge in [-0.25, -0.2) is 9.97 Å². The maximum absolute atomic E-state index is 10.9. The number of aromatic hydroxyl groups is 1. The molecule has 0 amide bonds. The molecule has 3 heterocycles. The van der Waals surface area contributed by atoms with Gasteiger partial charge >= 0.3 is 0 Å². The lowest BCUT2D eigenvalue weighted by Crippen LogP contribution is -2.12. The van der Waals surface area contributed by atoms with Gasteiger partial charge in [-0.15, -0.1) is 0 Å². The van der Waals surface area contributed by atoms with Crippen molar-refractivity contribution in [3.05, 3.63) is 119 Å². The molecule has 0 atom stereocenters. The second-order valence-electron chi connectivity index (χ2n) is 12.7. The Hall–Kier alpha value is -5.16. The van der Waals surface area contributed by atoms with Crippen LogP contribution in [0.2, 0.25) is 0 Å². The average molecular weight is 578 g/mol. The fraction of sp³-hybridized carbons (Fsp3) is 0.179. The van der Waals surface area contributed by atoms with Gasteiger partial charge in [-0.1, -0.05) is 56.7 Å². The standard InChI is InChI=1S/C39H35N3O2/c1-23-19-24(2)37(25(3)20-23)30-13-15-34(43)38-31(30)14-16-36(41-38)44-27-11-12-29-28-9-7-8-10-32(28)42(33(29)22-27)35-21-26(17-18-40-35)39(4,5)6/h7-22,43H,1-6H3. The van der Waals surface area contributed by atoms with E-state index < -0.39 is 0 Å². The van der Waals surface area contributed by atoms with E-state index in [4.69, 9.17) is 14.7 Å². The fourth-order valence-electron chi connectivity index (χ4n) is 6.45. The largest absolute Gasteiger partial charge is 0.506 e. The third kappa shape index (κ3) is 4.65. The van der Waals surface area contributed by atoms with Crippen molar-refractivity contribution in [1.82, 2.24) is 14.5 Å². The zero-order valence-corrected chi connectivity index (χ0v) is 25.9. The molecular weight excluding hydrogens is 542 g/mol. The Morgan fingerprint density at radius 3 is 2.23 bits per heavy atom. The van der Waals surface area contributed by atoms with Crippen LogP contribution in [-0.2, 0) is 5.41 Å². The molecule has 0 aliphatic carbocycles. The van der Waals surface area contributed by atoms with E-state index in [-0.39, 0.29) is 11.2 Å². The molecule has 0 saturated carbocycles. The Bertz CT molecular complexity index is 2210. The lowest BCUT2D eigenvalue weighted by molar-refractivity contribution is 0.460. The van der Waals surface area contributed by atoms with E-state index in [0.717, 1.165) is 38.6 Å². The summed E-state index contributed by atoms with van der Waals surface area (Å²) in [6, 6.07) is 30.7. The predicted molar refractivity (Wildman–Crippen MR) is 180 cm³/mol. The molecule has 0 fully saturated rings. The Kier molecular flexibility index (Phi) is 6.43. The number of hydrogen-bond acceptors (Lipinski definition) is 4. The van der Waals surface area contributed by atoms with Crippen LogP contribution in [-0.4, -0.2) is 19.6 Å². The summed E-state index contributed by atoms with van der Waals surface area (Å²) < 4.78 is 8.57. The lowest BCUT2D eigenvalue weighted by Gasteiger charge is -2.20. The van der Waals surface area contributed by atoms with Crippen molar-refractivity contribution in [3.8, 4) is 34.3 Å². The van der Waals surface area contributed by atoms with Gasteiger partial charge in [-0.05, 0) is 103 Å². The van der Waals surface area contributed by atoms with Gasteiger partial charge in [0.15, 0.2) is 0 Å². The molecule has 7 rings (SSSR count). The quantitative estimate of drug-likeness (QED) is 0.226. The first-order valence-electron chi connectivity index (χ1n) is 15.0. The van der Waals surface area contributed by atoms with E-state index in [2.05, 4.69) is 101 Å². The number of aryl methyl sites for hydroxylation is 3. The van der Waals surface area contributed by atoms with Crippen LogP contribution >= 0.6 is 0 Å². The third-order valence-corrected chi connectivity index (χ3v) is 8.46. The summed E-state index contributed by atoms with van der Waals surface area (Å²) in [5.41, 5.74) is 9.64. The molecule has 0 unspecified atom stereocenters. The number of benzene rings is 4. The van der Waals surface area contributed by atoms with E-state index in [0.29, 0.717) is 17.1 Å². The highest BCUT2D eigenvalue weighted by atomic mass is 16.5. The average Bonchev–Trinajstić information content (AvgIpc) is 3.31. The number of pyridine rings is 2. The summed E-state index contributed by atoms with van der Waals surface area (Å²) in [5.74, 6) is 2.05. The minimum absolute atomic E-state index is 0.00521. The molecule has 4 aromatic carbocycles. The van der Waals surface area contributed by atoms with Crippen LogP contribution in [0.1, 0.15) is 43.0 Å². The molecule has 44 heavy (non-hydrogen) atoms. The zero-order valence-electron chi connectivity index (χ0n) is 25.9. The number of aromatic nitrogens is 3. The Morgan fingerprint density at radius 2 is 1.45 bits per heavy atom. The highest BCUT2D eigenvalue weighted by molar-refractivity contribution is 6.09. The number of hydrogen-bond donors (Lipinski definition) is 1. The van der Waals surface area contributed by atoms with Crippen LogP contribution < -0.4 is 4.74 Å². The minimum Gasteiger partial charge on any atom is -0.506 e. The van der Waals surface area contributed by atoms with Crippen LogP contribution in [0.4, 0.5) is 0 Å². The highest BCUT2D eigenvalue weighted by Gasteiger charge is 2.19. The number of rotatable bonds is 4. The third-order valence-electron chi connectivity index (χ3n) is 8.46. The molecule has 0 bridgehead atoms. The molecule has 3 aromatic heterocycles. The zero-order chi connectivity index (χ0) is 30.7. The van der Waals surface area contributed by atoms with Gasteiger partial charge in [-0.3, -0.25) is 4.57 Å². The van der Waals surface area contributed by atoms with E-state index >= 15 is 0 Å². The molecule has 5 nitrogen and oxygen atoms in total. The van der Waals surface area contributed by atoms with Crippen LogP contribution in [0.5, 0.6) is 17.4 Å². The molecule has 0 aliphatic rings. The van der Waals surface area contributed by atoms with Crippen molar-refractivity contribution in [2.75, 3.05) is 0 Å². The second kappa shape index (κ2) is 10.2. The van der Waals surface area contributed by atoms with Crippen LogP contribution in [0.25, 0.3) is 49.7 Å². The van der Waals surface area contributed by atoms with Gasteiger partial charge in [0.05, 0.1) is 11.0 Å². The Morgan fingerprint density at radius 1 is 0.727 bits per heavy atom. The normalized spacial score (nSPS) is 12.0. The van der Waals surface area contributed by atoms with Crippen molar-refractivity contribution < 1.29 is 9.84 Å². The smallest absolute Gasteiger partial charge is 0.219 e. The van der Waals surface area contributed by atoms with Crippen molar-refractivity contribution in [3.63, 3.8) is 0 Å². The molecule has 1 N–H and O–H groups in total. The first kappa shape index (κ1) is 27.7. The number of nitrogens with zero attached hydrogens (tertiary/aromatic N) is 3. The summed E-state index contributed by atoms with van der Waals surface area (Å²) in [6.07, 6.45) is 1.89. The molecule has 0 radical (unpaired) electrons. The molecule has 0 saturated heterocycles. The van der Waals surface area contributed by atoms with E-state index in [1.54, 1.807) is 6.07 Å². The summed E-state index contributed by atoms with van der Waals surface area (Å²) in [5, 5.41) is 14.0. The molecule has 0 aliphatic heterocycles. The minimum atomic E-state index is -0.00521. The number of phenolic OH excluding ortho intramolecular Hbond substituents is 1. The number of para-hydroxylation sites is 1. The van der Waals surface area contributed by atoms with Gasteiger partial charge in [0, 0.05) is 34.5 Å². The second-order valence-corrected chi connectivity index (χ2v) is 12.7. The highest BCUT2D eigenvalue weighted by Crippen LogP contribution is 2.39. The fourth-order valence-corrected chi connectivity index (χ4v) is 6.45. The number of ether oxygens (including phenoxy) is 1. The van der Waals surface area contributed by atoms with Gasteiger partial charge in [-0.2, -0.15) is 0 Å². The van der Waals surface area contributed by atoms with Crippen molar-refractivity contribution in [1.29, 1.82) is 0 Å². The summed E-state index contributed by atoms with van der Waals surface area (Å²) in [4.78, 5) is 9.57. The van der Waals surface area contributed by atoms with E-state index in [1.165, 1.54) is 27.8 Å². The van der Waals surface area contributed by atoms with E-state index in [9.17, 15) is 5.11 Å². The van der Waals surface area contributed by atoms with Gasteiger partial charge in [0.2, 0.25) is 5.88 Å². The summed E-state index contributed by atoms with van der Waals surface area (Å²) >= 11 is 0. The van der Waals surface area contributed by atoms with Gasteiger partial charge in [0.1, 0.15) is 22.8 Å². The summed E-state index contributed by atoms with van der Waals surface area (Å²) in [6.45, 7) is 13.0. The first-order chi connectivity index (χ1) is 21.1. The van der Waals surface area contributed by atoms with Gasteiger partial charge in [0.25, 0.3) is 0 Å². The Labute approximate surface area is 257 Å². The molecule has 5 heteroatoms. The topological polar surface area (TPSA) is 60.2 Å². The maximum atomic E-state index is 10.9. The van der Waals surface area contributed by atoms with Crippen molar-refractivity contribution in [2.24, 2.45) is 0 Å². The number of phenols is 1. The van der Waals surface area contributed by atoms with Crippen LogP contribution in [0.15, 0.2) is 97.2 Å².